The Kier molecular flexibility index (Phi) is 11.2. The molecule has 0 rings (SSSR count). The van der Waals surface area contributed by atoms with E-state index in [0.717, 1.165) is 25.7 Å². The lowest BCUT2D eigenvalue weighted by atomic mass is 10.1. The Hall–Kier alpha value is -1.63. The molecule has 122 valence electrons. The van der Waals surface area contributed by atoms with E-state index in [1.807, 2.05) is 0 Å². The van der Waals surface area contributed by atoms with Gasteiger partial charge in [-0.1, -0.05) is 6.42 Å². The van der Waals surface area contributed by atoms with Gasteiger partial charge in [0.05, 0.1) is 19.8 Å². The molecule has 0 radical (unpaired) electrons. The number of esters is 2. The quantitative estimate of drug-likeness (QED) is 0.425. The van der Waals surface area contributed by atoms with Crippen LogP contribution in [0.3, 0.4) is 0 Å². The van der Waals surface area contributed by atoms with Gasteiger partial charge in [-0.05, 0) is 25.7 Å². The Bertz CT molecular complexity index is 333. The third kappa shape index (κ3) is 11.9. The zero-order chi connectivity index (χ0) is 16.1. The van der Waals surface area contributed by atoms with Gasteiger partial charge in [0.1, 0.15) is 0 Å². The number of unbranched alkanes of at least 4 members (excludes halogenated alkanes) is 3. The lowest BCUT2D eigenvalue weighted by molar-refractivity contribution is -0.142. The molecule has 1 atom stereocenters. The highest BCUT2D eigenvalue weighted by atomic mass is 16.5. The molecular weight excluding hydrogens is 276 g/mol. The fourth-order valence-corrected chi connectivity index (χ4v) is 1.65. The maximum Gasteiger partial charge on any atom is 0.305 e. The number of rotatable bonds is 11. The van der Waals surface area contributed by atoms with E-state index in [1.54, 1.807) is 0 Å². The van der Waals surface area contributed by atoms with Crippen molar-refractivity contribution in [1.29, 1.82) is 0 Å². The molecule has 0 aromatic heterocycles. The summed E-state index contributed by atoms with van der Waals surface area (Å²) in [7, 11) is 1.30. The fraction of sp³-hybridized carbons (Fsp3) is 0.786. The monoisotopic (exact) mass is 302 g/mol. The topological polar surface area (TPSA) is 108 Å². The van der Waals surface area contributed by atoms with Crippen molar-refractivity contribution in [3.8, 4) is 0 Å². The number of hydrogen-bond acceptors (Lipinski definition) is 6. The summed E-state index contributed by atoms with van der Waals surface area (Å²) in [5.74, 6) is -0.881. The first-order valence-electron chi connectivity index (χ1n) is 7.20. The van der Waals surface area contributed by atoms with Crippen molar-refractivity contribution < 1.29 is 23.9 Å². The van der Waals surface area contributed by atoms with Crippen LogP contribution < -0.4 is 11.1 Å². The Labute approximate surface area is 125 Å². The molecule has 0 heterocycles. The summed E-state index contributed by atoms with van der Waals surface area (Å²) in [4.78, 5) is 33.1. The van der Waals surface area contributed by atoms with Gasteiger partial charge in [-0.15, -0.1) is 0 Å². The van der Waals surface area contributed by atoms with Crippen molar-refractivity contribution in [2.24, 2.45) is 5.73 Å². The van der Waals surface area contributed by atoms with Gasteiger partial charge in [0.2, 0.25) is 5.91 Å². The maximum atomic E-state index is 11.6. The van der Waals surface area contributed by atoms with Crippen LogP contribution in [-0.2, 0) is 23.9 Å². The summed E-state index contributed by atoms with van der Waals surface area (Å²) < 4.78 is 9.29. The summed E-state index contributed by atoms with van der Waals surface area (Å²) in [6.07, 6.45) is 3.97. The summed E-state index contributed by atoms with van der Waals surface area (Å²) in [5.41, 5.74) is 5.66. The zero-order valence-electron chi connectivity index (χ0n) is 12.9. The van der Waals surface area contributed by atoms with Crippen LogP contribution in [-0.4, -0.2) is 44.1 Å². The molecule has 0 aromatic carbocycles. The van der Waals surface area contributed by atoms with E-state index < -0.39 is 6.04 Å². The molecule has 0 unspecified atom stereocenters. The highest BCUT2D eigenvalue weighted by Gasteiger charge is 2.14. The van der Waals surface area contributed by atoms with E-state index in [0.29, 0.717) is 13.2 Å². The Morgan fingerprint density at radius 3 is 2.43 bits per heavy atom. The van der Waals surface area contributed by atoms with E-state index in [2.05, 4.69) is 10.1 Å². The van der Waals surface area contributed by atoms with Gasteiger partial charge in [0.25, 0.3) is 0 Å². The van der Waals surface area contributed by atoms with Gasteiger partial charge in [-0.2, -0.15) is 0 Å². The lowest BCUT2D eigenvalue weighted by Gasteiger charge is -2.11. The minimum absolute atomic E-state index is 0.140. The molecule has 0 spiro atoms. The second kappa shape index (κ2) is 12.1. The first-order chi connectivity index (χ1) is 9.97. The van der Waals surface area contributed by atoms with Crippen LogP contribution >= 0.6 is 0 Å². The highest BCUT2D eigenvalue weighted by molar-refractivity contribution is 5.82. The molecule has 0 aliphatic heterocycles. The number of ether oxygens (including phenoxy) is 2. The molecule has 0 aliphatic carbocycles. The van der Waals surface area contributed by atoms with Crippen LogP contribution in [0.4, 0.5) is 0 Å². The molecule has 7 nitrogen and oxygen atoms in total. The van der Waals surface area contributed by atoms with E-state index in [1.165, 1.54) is 14.0 Å². The molecule has 0 saturated heterocycles. The van der Waals surface area contributed by atoms with Gasteiger partial charge in [-0.3, -0.25) is 14.4 Å². The first-order valence-corrected chi connectivity index (χ1v) is 7.20. The second-order valence-corrected chi connectivity index (χ2v) is 4.77. The molecular formula is C14H26N2O5. The number of nitrogens with two attached hydrogens (primary N) is 1. The van der Waals surface area contributed by atoms with Crippen LogP contribution in [0.1, 0.15) is 45.4 Å². The van der Waals surface area contributed by atoms with Crippen LogP contribution in [0, 0.1) is 0 Å². The minimum Gasteiger partial charge on any atom is -0.469 e. The average Bonchev–Trinajstić information content (AvgIpc) is 2.46. The van der Waals surface area contributed by atoms with Crippen LogP contribution in [0.5, 0.6) is 0 Å². The third-order valence-corrected chi connectivity index (χ3v) is 2.90. The van der Waals surface area contributed by atoms with Gasteiger partial charge < -0.3 is 20.5 Å². The van der Waals surface area contributed by atoms with Crippen LogP contribution in [0.15, 0.2) is 0 Å². The van der Waals surface area contributed by atoms with Crippen molar-refractivity contribution in [2.45, 2.75) is 51.5 Å². The van der Waals surface area contributed by atoms with Gasteiger partial charge in [0.15, 0.2) is 0 Å². The Morgan fingerprint density at radius 2 is 1.81 bits per heavy atom. The van der Waals surface area contributed by atoms with Crippen molar-refractivity contribution >= 4 is 17.8 Å². The average molecular weight is 302 g/mol. The normalized spacial score (nSPS) is 11.6. The fourth-order valence-electron chi connectivity index (χ4n) is 1.65. The predicted octanol–water partition coefficient (Wildman–Crippen LogP) is 0.507. The molecule has 7 heteroatoms. The molecule has 0 aromatic rings. The van der Waals surface area contributed by atoms with Crippen LogP contribution in [0.2, 0.25) is 0 Å². The van der Waals surface area contributed by atoms with E-state index >= 15 is 0 Å². The van der Waals surface area contributed by atoms with E-state index in [4.69, 9.17) is 10.5 Å². The zero-order valence-corrected chi connectivity index (χ0v) is 12.9. The predicted molar refractivity (Wildman–Crippen MR) is 77.3 cm³/mol. The Balaban J connectivity index is 3.48. The van der Waals surface area contributed by atoms with Crippen LogP contribution in [0.25, 0.3) is 0 Å². The number of carbonyl (C=O) groups is 3. The van der Waals surface area contributed by atoms with Crippen molar-refractivity contribution in [1.82, 2.24) is 5.32 Å². The number of nitrogens with one attached hydrogen (secondary N) is 1. The summed E-state index contributed by atoms with van der Waals surface area (Å²) in [6.45, 7) is 2.39. The number of methoxy groups -OCH3 is 1. The van der Waals surface area contributed by atoms with Gasteiger partial charge in [-0.25, -0.2) is 0 Å². The molecule has 0 bridgehead atoms. The molecule has 0 saturated carbocycles. The minimum atomic E-state index is -0.687. The van der Waals surface area contributed by atoms with Crippen molar-refractivity contribution in [2.75, 3.05) is 20.3 Å². The van der Waals surface area contributed by atoms with Crippen molar-refractivity contribution in [3.05, 3.63) is 0 Å². The SMILES string of the molecule is COC(=O)CC[C@@H](N)C(=O)NCCCCCCOC(C)=O. The lowest BCUT2D eigenvalue weighted by Crippen LogP contribution is -2.41. The van der Waals surface area contributed by atoms with Crippen molar-refractivity contribution in [3.63, 3.8) is 0 Å². The second-order valence-electron chi connectivity index (χ2n) is 4.77. The first kappa shape index (κ1) is 19.4. The Morgan fingerprint density at radius 1 is 1.14 bits per heavy atom. The maximum absolute atomic E-state index is 11.6. The summed E-state index contributed by atoms with van der Waals surface area (Å²) >= 11 is 0. The standard InChI is InChI=1S/C14H26N2O5/c1-11(17)21-10-6-4-3-5-9-16-14(19)12(15)7-8-13(18)20-2/h12H,3-10,15H2,1-2H3,(H,16,19)/t12-/m1/s1. The number of hydrogen-bond donors (Lipinski definition) is 2. The highest BCUT2D eigenvalue weighted by Crippen LogP contribution is 2.00. The largest absolute Gasteiger partial charge is 0.469 e. The molecule has 0 aliphatic rings. The summed E-state index contributed by atoms with van der Waals surface area (Å²) in [5, 5.41) is 2.73. The molecule has 1 amide bonds. The molecule has 0 fully saturated rings. The molecule has 21 heavy (non-hydrogen) atoms. The van der Waals surface area contributed by atoms with Gasteiger partial charge >= 0.3 is 11.9 Å². The number of carbonyl (C=O) groups excluding carboxylic acids is 3. The van der Waals surface area contributed by atoms with E-state index in [9.17, 15) is 14.4 Å². The van der Waals surface area contributed by atoms with Gasteiger partial charge in [0, 0.05) is 19.9 Å². The van der Waals surface area contributed by atoms with E-state index in [-0.39, 0.29) is 30.7 Å². The summed E-state index contributed by atoms with van der Waals surface area (Å²) in [6, 6.07) is -0.687. The molecule has 3 N–H and O–H groups in total. The number of amides is 1. The third-order valence-electron chi connectivity index (χ3n) is 2.90. The smallest absolute Gasteiger partial charge is 0.305 e.